The highest BCUT2D eigenvalue weighted by atomic mass is 35.5. The van der Waals surface area contributed by atoms with E-state index in [9.17, 15) is 4.79 Å². The van der Waals surface area contributed by atoms with Crippen LogP contribution in [-0.2, 0) is 11.2 Å². The summed E-state index contributed by atoms with van der Waals surface area (Å²) in [6.45, 7) is 1.90. The van der Waals surface area contributed by atoms with Crippen molar-refractivity contribution in [2.24, 2.45) is 0 Å². The third-order valence-electron chi connectivity index (χ3n) is 1.92. The zero-order valence-electron chi connectivity index (χ0n) is 8.29. The largest absolute Gasteiger partial charge is 0.465 e. The molecular weight excluding hydrogens is 200 g/mol. The number of ether oxygens (including phenoxy) is 1. The van der Waals surface area contributed by atoms with E-state index in [1.807, 2.05) is 25.1 Å². The topological polar surface area (TPSA) is 26.3 Å². The molecule has 0 aliphatic heterocycles. The lowest BCUT2D eigenvalue weighted by Crippen LogP contribution is -2.08. The maximum absolute atomic E-state index is 11.4. The van der Waals surface area contributed by atoms with E-state index in [1.54, 1.807) is 6.07 Å². The molecule has 1 unspecified atom stereocenters. The fraction of sp³-hybridized carbons (Fsp3) is 0.364. The summed E-state index contributed by atoms with van der Waals surface area (Å²) in [6, 6.07) is 7.35. The zero-order valence-corrected chi connectivity index (χ0v) is 9.04. The van der Waals surface area contributed by atoms with Gasteiger partial charge in [0.25, 0.3) is 0 Å². The SMILES string of the molecule is COC(=O)c1ccccc1CC(C)Cl. The van der Waals surface area contributed by atoms with E-state index < -0.39 is 0 Å². The number of halogens is 1. The highest BCUT2D eigenvalue weighted by Gasteiger charge is 2.11. The van der Waals surface area contributed by atoms with Gasteiger partial charge in [-0.2, -0.15) is 0 Å². The lowest BCUT2D eigenvalue weighted by Gasteiger charge is -2.08. The van der Waals surface area contributed by atoms with Gasteiger partial charge in [0.15, 0.2) is 0 Å². The van der Waals surface area contributed by atoms with Crippen LogP contribution in [0.4, 0.5) is 0 Å². The van der Waals surface area contributed by atoms with Gasteiger partial charge in [-0.1, -0.05) is 18.2 Å². The summed E-state index contributed by atoms with van der Waals surface area (Å²) < 4.78 is 4.68. The van der Waals surface area contributed by atoms with Crippen molar-refractivity contribution in [3.05, 3.63) is 35.4 Å². The molecule has 0 bridgehead atoms. The van der Waals surface area contributed by atoms with Gasteiger partial charge < -0.3 is 4.74 Å². The van der Waals surface area contributed by atoms with Gasteiger partial charge in [0.05, 0.1) is 12.7 Å². The normalized spacial score (nSPS) is 12.2. The zero-order chi connectivity index (χ0) is 10.6. The van der Waals surface area contributed by atoms with Crippen LogP contribution in [0.1, 0.15) is 22.8 Å². The molecule has 14 heavy (non-hydrogen) atoms. The standard InChI is InChI=1S/C11H13ClO2/c1-8(12)7-9-5-3-4-6-10(9)11(13)14-2/h3-6,8H,7H2,1-2H3. The molecule has 0 saturated carbocycles. The number of carbonyl (C=O) groups is 1. The Kier molecular flexibility index (Phi) is 3.96. The van der Waals surface area contributed by atoms with Crippen LogP contribution in [0.15, 0.2) is 24.3 Å². The summed E-state index contributed by atoms with van der Waals surface area (Å²) in [5, 5.41) is 0.0146. The summed E-state index contributed by atoms with van der Waals surface area (Å²) in [5.74, 6) is -0.307. The van der Waals surface area contributed by atoms with Gasteiger partial charge in [0, 0.05) is 5.38 Å². The maximum atomic E-state index is 11.4. The number of hydrogen-bond donors (Lipinski definition) is 0. The number of methoxy groups -OCH3 is 1. The number of benzene rings is 1. The lowest BCUT2D eigenvalue weighted by atomic mass is 10.0. The first kappa shape index (κ1) is 11.1. The van der Waals surface area contributed by atoms with Crippen molar-refractivity contribution in [3.8, 4) is 0 Å². The van der Waals surface area contributed by atoms with Crippen LogP contribution >= 0.6 is 11.6 Å². The molecule has 1 aromatic carbocycles. The highest BCUT2D eigenvalue weighted by molar-refractivity contribution is 6.20. The molecule has 0 aliphatic carbocycles. The first-order valence-corrected chi connectivity index (χ1v) is 4.89. The Labute approximate surface area is 88.8 Å². The second-order valence-corrected chi connectivity index (χ2v) is 3.88. The average Bonchev–Trinajstić information content (AvgIpc) is 2.16. The smallest absolute Gasteiger partial charge is 0.338 e. The molecule has 0 aromatic heterocycles. The predicted molar refractivity (Wildman–Crippen MR) is 56.8 cm³/mol. The van der Waals surface area contributed by atoms with Crippen LogP contribution in [0.25, 0.3) is 0 Å². The van der Waals surface area contributed by atoms with Crippen LogP contribution < -0.4 is 0 Å². The minimum atomic E-state index is -0.307. The van der Waals surface area contributed by atoms with Crippen LogP contribution in [0, 0.1) is 0 Å². The molecule has 3 heteroatoms. The van der Waals surface area contributed by atoms with Crippen LogP contribution in [0.3, 0.4) is 0 Å². The van der Waals surface area contributed by atoms with Crippen LogP contribution in [-0.4, -0.2) is 18.5 Å². The minimum Gasteiger partial charge on any atom is -0.465 e. The molecule has 0 aliphatic rings. The Bertz CT molecular complexity index is 321. The van der Waals surface area contributed by atoms with E-state index in [-0.39, 0.29) is 11.3 Å². The second-order valence-electron chi connectivity index (χ2n) is 3.13. The number of hydrogen-bond acceptors (Lipinski definition) is 2. The minimum absolute atomic E-state index is 0.0146. The molecule has 0 fully saturated rings. The van der Waals surface area contributed by atoms with Crippen LogP contribution in [0.2, 0.25) is 0 Å². The fourth-order valence-electron chi connectivity index (χ4n) is 1.31. The van der Waals surface area contributed by atoms with E-state index in [4.69, 9.17) is 11.6 Å². The summed E-state index contributed by atoms with van der Waals surface area (Å²) in [7, 11) is 1.38. The third kappa shape index (κ3) is 2.74. The molecular formula is C11H13ClO2. The molecule has 0 radical (unpaired) electrons. The van der Waals surface area contributed by atoms with Crippen molar-refractivity contribution in [2.75, 3.05) is 7.11 Å². The van der Waals surface area contributed by atoms with Crippen molar-refractivity contribution in [1.29, 1.82) is 0 Å². The summed E-state index contributed by atoms with van der Waals surface area (Å²) in [6.07, 6.45) is 0.673. The molecule has 0 N–H and O–H groups in total. The average molecular weight is 213 g/mol. The van der Waals surface area contributed by atoms with Crippen molar-refractivity contribution in [1.82, 2.24) is 0 Å². The van der Waals surface area contributed by atoms with Crippen molar-refractivity contribution >= 4 is 17.6 Å². The van der Waals surface area contributed by atoms with Crippen molar-refractivity contribution in [2.45, 2.75) is 18.7 Å². The maximum Gasteiger partial charge on any atom is 0.338 e. The molecule has 1 aromatic rings. The Balaban J connectivity index is 2.97. The van der Waals surface area contributed by atoms with E-state index in [0.29, 0.717) is 12.0 Å². The van der Waals surface area contributed by atoms with Crippen molar-refractivity contribution < 1.29 is 9.53 Å². The van der Waals surface area contributed by atoms with E-state index in [2.05, 4.69) is 4.74 Å². The van der Waals surface area contributed by atoms with Crippen molar-refractivity contribution in [3.63, 3.8) is 0 Å². The number of esters is 1. The van der Waals surface area contributed by atoms with Gasteiger partial charge in [-0.25, -0.2) is 4.79 Å². The third-order valence-corrected chi connectivity index (χ3v) is 2.08. The van der Waals surface area contributed by atoms with Crippen LogP contribution in [0.5, 0.6) is 0 Å². The highest BCUT2D eigenvalue weighted by Crippen LogP contribution is 2.14. The second kappa shape index (κ2) is 5.01. The fourth-order valence-corrected chi connectivity index (χ4v) is 1.48. The Morgan fingerprint density at radius 3 is 2.71 bits per heavy atom. The first-order chi connectivity index (χ1) is 6.65. The van der Waals surface area contributed by atoms with Gasteiger partial charge in [-0.3, -0.25) is 0 Å². The summed E-state index contributed by atoms with van der Waals surface area (Å²) in [4.78, 5) is 11.4. The molecule has 0 saturated heterocycles. The summed E-state index contributed by atoms with van der Waals surface area (Å²) in [5.41, 5.74) is 1.53. The Morgan fingerprint density at radius 1 is 1.50 bits per heavy atom. The van der Waals surface area contributed by atoms with Gasteiger partial charge in [0.1, 0.15) is 0 Å². The molecule has 0 heterocycles. The van der Waals surface area contributed by atoms with E-state index >= 15 is 0 Å². The first-order valence-electron chi connectivity index (χ1n) is 4.45. The quantitative estimate of drug-likeness (QED) is 0.569. The number of rotatable bonds is 3. The van der Waals surface area contributed by atoms with E-state index in [1.165, 1.54) is 7.11 Å². The molecule has 0 amide bonds. The lowest BCUT2D eigenvalue weighted by molar-refractivity contribution is 0.0599. The number of carbonyl (C=O) groups excluding carboxylic acids is 1. The van der Waals surface area contributed by atoms with Gasteiger partial charge in [-0.15, -0.1) is 11.6 Å². The molecule has 1 rings (SSSR count). The Morgan fingerprint density at radius 2 is 2.14 bits per heavy atom. The molecule has 0 spiro atoms. The van der Waals surface area contributed by atoms with Gasteiger partial charge >= 0.3 is 5.97 Å². The van der Waals surface area contributed by atoms with Gasteiger partial charge in [0.2, 0.25) is 0 Å². The van der Waals surface area contributed by atoms with E-state index in [0.717, 1.165) is 5.56 Å². The molecule has 1 atom stereocenters. The summed E-state index contributed by atoms with van der Waals surface area (Å²) >= 11 is 5.88. The number of alkyl halides is 1. The predicted octanol–water partition coefficient (Wildman–Crippen LogP) is 2.64. The Hall–Kier alpha value is -1.02. The molecule has 76 valence electrons. The van der Waals surface area contributed by atoms with Gasteiger partial charge in [-0.05, 0) is 25.0 Å². The molecule has 2 nitrogen and oxygen atoms in total. The monoisotopic (exact) mass is 212 g/mol.